The van der Waals surface area contributed by atoms with E-state index < -0.39 is 12.3 Å². The lowest BCUT2D eigenvalue weighted by atomic mass is 10.2. The second-order valence-corrected chi connectivity index (χ2v) is 6.37. The van der Waals surface area contributed by atoms with Gasteiger partial charge in [-0.2, -0.15) is 0 Å². The van der Waals surface area contributed by atoms with E-state index in [0.717, 1.165) is 16.6 Å². The Balaban J connectivity index is 1.39. The number of alkyl halides is 1. The number of fused-ring (bicyclic) bond motifs is 1. The third-order valence-corrected chi connectivity index (χ3v) is 4.39. The summed E-state index contributed by atoms with van der Waals surface area (Å²) in [4.78, 5) is 29.2. The number of ether oxygens (including phenoxy) is 1. The lowest BCUT2D eigenvalue weighted by Crippen LogP contribution is -2.30. The zero-order chi connectivity index (χ0) is 18.1. The number of nitrogens with zero attached hydrogens (tertiary/aromatic N) is 4. The number of aromatic amines is 1. The van der Waals surface area contributed by atoms with Crippen molar-refractivity contribution < 1.29 is 13.9 Å². The van der Waals surface area contributed by atoms with Gasteiger partial charge < -0.3 is 14.6 Å². The highest BCUT2D eigenvalue weighted by Gasteiger charge is 2.37. The van der Waals surface area contributed by atoms with Gasteiger partial charge in [0.25, 0.3) is 5.91 Å². The molecule has 0 saturated carbocycles. The van der Waals surface area contributed by atoms with Crippen molar-refractivity contribution in [3.8, 4) is 0 Å². The van der Waals surface area contributed by atoms with Crippen molar-refractivity contribution in [2.75, 3.05) is 13.1 Å². The van der Waals surface area contributed by atoms with Gasteiger partial charge in [0.2, 0.25) is 0 Å². The Labute approximate surface area is 149 Å². The number of likely N-dealkylation sites (tertiary alicyclic amines) is 1. The van der Waals surface area contributed by atoms with Crippen LogP contribution in [0, 0.1) is 6.92 Å². The van der Waals surface area contributed by atoms with Crippen LogP contribution in [-0.2, 0) is 11.3 Å². The summed E-state index contributed by atoms with van der Waals surface area (Å²) in [6, 6.07) is 5.92. The molecule has 0 radical (unpaired) electrons. The molecule has 0 bridgehead atoms. The van der Waals surface area contributed by atoms with Crippen molar-refractivity contribution in [3.63, 3.8) is 0 Å². The van der Waals surface area contributed by atoms with Crippen LogP contribution in [-0.4, -0.2) is 56.1 Å². The van der Waals surface area contributed by atoms with Crippen LogP contribution in [0.4, 0.5) is 4.39 Å². The van der Waals surface area contributed by atoms with Gasteiger partial charge in [-0.3, -0.25) is 9.78 Å². The fourth-order valence-electron chi connectivity index (χ4n) is 3.06. The highest BCUT2D eigenvalue weighted by molar-refractivity contribution is 5.92. The minimum absolute atomic E-state index is 0.0145. The van der Waals surface area contributed by atoms with E-state index in [2.05, 4.69) is 19.9 Å². The maximum Gasteiger partial charge on any atom is 0.274 e. The van der Waals surface area contributed by atoms with Crippen molar-refractivity contribution in [2.24, 2.45) is 0 Å². The maximum absolute atomic E-state index is 14.3. The van der Waals surface area contributed by atoms with Crippen LogP contribution in [0.5, 0.6) is 0 Å². The summed E-state index contributed by atoms with van der Waals surface area (Å²) in [5.41, 5.74) is 3.10. The molecule has 1 N–H and O–H groups in total. The second kappa shape index (κ2) is 6.80. The molecule has 3 heterocycles. The highest BCUT2D eigenvalue weighted by atomic mass is 19.1. The van der Waals surface area contributed by atoms with Gasteiger partial charge in [0.15, 0.2) is 0 Å². The van der Waals surface area contributed by atoms with Gasteiger partial charge in [0, 0.05) is 12.4 Å². The van der Waals surface area contributed by atoms with Crippen molar-refractivity contribution in [2.45, 2.75) is 25.8 Å². The molecule has 2 atom stereocenters. The number of nitrogens with one attached hydrogen (secondary N) is 1. The largest absolute Gasteiger partial charge is 0.365 e. The van der Waals surface area contributed by atoms with E-state index in [1.807, 2.05) is 25.1 Å². The molecule has 2 aromatic heterocycles. The van der Waals surface area contributed by atoms with Gasteiger partial charge in [0.1, 0.15) is 30.4 Å². The number of benzene rings is 1. The smallest absolute Gasteiger partial charge is 0.274 e. The normalized spacial score (nSPS) is 20.0. The van der Waals surface area contributed by atoms with Gasteiger partial charge in [-0.15, -0.1) is 0 Å². The molecular weight excluding hydrogens is 337 g/mol. The third-order valence-electron chi connectivity index (χ3n) is 4.39. The van der Waals surface area contributed by atoms with Crippen LogP contribution in [0.15, 0.2) is 36.8 Å². The van der Waals surface area contributed by atoms with Gasteiger partial charge in [-0.25, -0.2) is 14.4 Å². The monoisotopic (exact) mass is 355 g/mol. The van der Waals surface area contributed by atoms with Crippen LogP contribution < -0.4 is 0 Å². The second-order valence-electron chi connectivity index (χ2n) is 6.37. The topological polar surface area (TPSA) is 84.0 Å². The molecule has 26 heavy (non-hydrogen) atoms. The molecule has 1 amide bonds. The average molecular weight is 355 g/mol. The zero-order valence-corrected chi connectivity index (χ0v) is 14.2. The van der Waals surface area contributed by atoms with Crippen LogP contribution >= 0.6 is 0 Å². The summed E-state index contributed by atoms with van der Waals surface area (Å²) in [5.74, 6) is 0.294. The van der Waals surface area contributed by atoms with Crippen LogP contribution in [0.1, 0.15) is 21.9 Å². The molecule has 1 saturated heterocycles. The summed E-state index contributed by atoms with van der Waals surface area (Å²) >= 11 is 0. The number of H-pyrrole nitrogens is 1. The quantitative estimate of drug-likeness (QED) is 0.774. The van der Waals surface area contributed by atoms with E-state index in [9.17, 15) is 9.18 Å². The third kappa shape index (κ3) is 3.28. The Morgan fingerprint density at radius 1 is 1.38 bits per heavy atom. The van der Waals surface area contributed by atoms with Gasteiger partial charge in [-0.05, 0) is 24.6 Å². The highest BCUT2D eigenvalue weighted by Crippen LogP contribution is 2.20. The Hall–Kier alpha value is -2.87. The van der Waals surface area contributed by atoms with Gasteiger partial charge >= 0.3 is 0 Å². The molecule has 0 spiro atoms. The number of rotatable bonds is 4. The first-order chi connectivity index (χ1) is 12.6. The van der Waals surface area contributed by atoms with E-state index >= 15 is 0 Å². The average Bonchev–Trinajstić information content (AvgIpc) is 3.22. The fraction of sp³-hybridized carbons (Fsp3) is 0.333. The standard InChI is InChI=1S/C18H18FN5O2/c1-11-2-3-13-14(6-11)23-17(22-13)10-26-16-9-24(8-12(16)19)18(25)15-7-20-4-5-21-15/h2-7,12,16H,8-10H2,1H3,(H,22,23)/t12-,16+/m1/s1. The predicted molar refractivity (Wildman–Crippen MR) is 92.2 cm³/mol. The van der Waals surface area contributed by atoms with Crippen molar-refractivity contribution >= 4 is 16.9 Å². The lowest BCUT2D eigenvalue weighted by Gasteiger charge is -2.15. The molecular formula is C18H18FN5O2. The zero-order valence-electron chi connectivity index (χ0n) is 14.2. The fourth-order valence-corrected chi connectivity index (χ4v) is 3.06. The molecule has 0 aliphatic carbocycles. The minimum atomic E-state index is -1.25. The van der Waals surface area contributed by atoms with Gasteiger partial charge in [-0.1, -0.05) is 6.07 Å². The first-order valence-corrected chi connectivity index (χ1v) is 8.36. The molecule has 3 aromatic rings. The molecule has 1 aliphatic rings. The lowest BCUT2D eigenvalue weighted by molar-refractivity contribution is 0.00886. The van der Waals surface area contributed by atoms with E-state index in [-0.39, 0.29) is 31.3 Å². The van der Waals surface area contributed by atoms with Gasteiger partial charge in [0.05, 0.1) is 30.3 Å². The molecule has 1 fully saturated rings. The van der Waals surface area contributed by atoms with Crippen molar-refractivity contribution in [1.82, 2.24) is 24.8 Å². The van der Waals surface area contributed by atoms with E-state index in [0.29, 0.717) is 5.82 Å². The number of carbonyl (C=O) groups excluding carboxylic acids is 1. The molecule has 0 unspecified atom stereocenters. The Kier molecular flexibility index (Phi) is 4.34. The first-order valence-electron chi connectivity index (χ1n) is 8.36. The summed E-state index contributed by atoms with van der Waals surface area (Å²) in [5, 5.41) is 0. The molecule has 1 aliphatic heterocycles. The molecule has 8 heteroatoms. The minimum Gasteiger partial charge on any atom is -0.365 e. The molecule has 1 aromatic carbocycles. The predicted octanol–water partition coefficient (Wildman–Crippen LogP) is 2.04. The van der Waals surface area contributed by atoms with E-state index in [1.165, 1.54) is 23.5 Å². The van der Waals surface area contributed by atoms with Crippen LogP contribution in [0.3, 0.4) is 0 Å². The Morgan fingerprint density at radius 2 is 2.27 bits per heavy atom. The van der Waals surface area contributed by atoms with E-state index in [4.69, 9.17) is 4.74 Å². The molecule has 7 nitrogen and oxygen atoms in total. The number of halogens is 1. The number of hydrogen-bond acceptors (Lipinski definition) is 5. The van der Waals surface area contributed by atoms with E-state index in [1.54, 1.807) is 0 Å². The van der Waals surface area contributed by atoms with Crippen molar-refractivity contribution in [1.29, 1.82) is 0 Å². The SMILES string of the molecule is Cc1ccc2nc(CO[C@H]3CN(C(=O)c4cnccn4)C[C@H]3F)[nH]c2c1. The summed E-state index contributed by atoms with van der Waals surface area (Å²) in [6.07, 6.45) is 2.36. The molecule has 4 rings (SSSR count). The Bertz CT molecular complexity index is 930. The summed E-state index contributed by atoms with van der Waals surface area (Å²) in [6.45, 7) is 2.33. The number of amides is 1. The number of hydrogen-bond donors (Lipinski definition) is 1. The summed E-state index contributed by atoms with van der Waals surface area (Å²) in [7, 11) is 0. The summed E-state index contributed by atoms with van der Waals surface area (Å²) < 4.78 is 20.0. The number of carbonyl (C=O) groups is 1. The van der Waals surface area contributed by atoms with Crippen LogP contribution in [0.2, 0.25) is 0 Å². The number of aromatic nitrogens is 4. The van der Waals surface area contributed by atoms with Crippen molar-refractivity contribution in [3.05, 3.63) is 53.9 Å². The maximum atomic E-state index is 14.3. The number of aryl methyl sites for hydroxylation is 1. The number of imidazole rings is 1. The Morgan fingerprint density at radius 3 is 3.08 bits per heavy atom. The molecule has 134 valence electrons. The first kappa shape index (κ1) is 16.6. The van der Waals surface area contributed by atoms with Crippen LogP contribution in [0.25, 0.3) is 11.0 Å².